The van der Waals surface area contributed by atoms with Gasteiger partial charge in [0.25, 0.3) is 0 Å². The highest BCUT2D eigenvalue weighted by molar-refractivity contribution is 5.88. The molecule has 0 aromatic carbocycles. The van der Waals surface area contributed by atoms with E-state index in [0.29, 0.717) is 13.1 Å². The molecule has 0 spiro atoms. The summed E-state index contributed by atoms with van der Waals surface area (Å²) in [6, 6.07) is 0. The zero-order chi connectivity index (χ0) is 15.0. The molecule has 0 bridgehead atoms. The first kappa shape index (κ1) is 17.0. The second-order valence-corrected chi connectivity index (χ2v) is 5.64. The summed E-state index contributed by atoms with van der Waals surface area (Å²) in [4.78, 5) is 26.4. The first-order valence-electron chi connectivity index (χ1n) is 7.86. The van der Waals surface area contributed by atoms with Crippen molar-refractivity contribution in [3.05, 3.63) is 0 Å². The molecule has 1 fully saturated rings. The molecule has 1 aliphatic heterocycles. The van der Waals surface area contributed by atoms with E-state index in [4.69, 9.17) is 0 Å². The standard InChI is InChI=1S/C15H29N3O2/c1-4-8-17-13(19)11-18(10-5-2)14(20)15(6-3)7-9-16-12-15/h16H,4-12H2,1-3H3,(H,17,19). The molecule has 1 heterocycles. The minimum Gasteiger partial charge on any atom is -0.355 e. The van der Waals surface area contributed by atoms with Crippen LogP contribution in [-0.4, -0.2) is 49.4 Å². The molecule has 20 heavy (non-hydrogen) atoms. The van der Waals surface area contributed by atoms with Gasteiger partial charge in [-0.3, -0.25) is 9.59 Å². The fraction of sp³-hybridized carbons (Fsp3) is 0.867. The number of rotatable bonds is 8. The van der Waals surface area contributed by atoms with Crippen LogP contribution in [0.3, 0.4) is 0 Å². The van der Waals surface area contributed by atoms with Crippen LogP contribution in [0, 0.1) is 5.41 Å². The van der Waals surface area contributed by atoms with Crippen molar-refractivity contribution in [3.63, 3.8) is 0 Å². The summed E-state index contributed by atoms with van der Waals surface area (Å²) in [5.74, 6) is 0.0874. The normalized spacial score (nSPS) is 21.8. The predicted molar refractivity (Wildman–Crippen MR) is 80.4 cm³/mol. The number of carbonyl (C=O) groups excluding carboxylic acids is 2. The van der Waals surface area contributed by atoms with Crippen LogP contribution < -0.4 is 10.6 Å². The van der Waals surface area contributed by atoms with Crippen LogP contribution in [0.15, 0.2) is 0 Å². The predicted octanol–water partition coefficient (Wildman–Crippen LogP) is 1.14. The number of nitrogens with one attached hydrogen (secondary N) is 2. The monoisotopic (exact) mass is 283 g/mol. The SMILES string of the molecule is CCCNC(=O)CN(CCC)C(=O)C1(CC)CCNC1. The maximum absolute atomic E-state index is 12.8. The molecule has 2 N–H and O–H groups in total. The first-order chi connectivity index (χ1) is 9.59. The van der Waals surface area contributed by atoms with Crippen LogP contribution in [0.25, 0.3) is 0 Å². The summed E-state index contributed by atoms with van der Waals surface area (Å²) < 4.78 is 0. The lowest BCUT2D eigenvalue weighted by Gasteiger charge is -2.32. The van der Waals surface area contributed by atoms with Gasteiger partial charge in [0.05, 0.1) is 12.0 Å². The molecule has 0 aromatic heterocycles. The van der Waals surface area contributed by atoms with E-state index in [1.807, 2.05) is 13.8 Å². The molecule has 2 amide bonds. The van der Waals surface area contributed by atoms with Crippen LogP contribution in [0.5, 0.6) is 0 Å². The smallest absolute Gasteiger partial charge is 0.239 e. The van der Waals surface area contributed by atoms with Gasteiger partial charge in [-0.05, 0) is 32.2 Å². The van der Waals surface area contributed by atoms with Crippen LogP contribution in [0.2, 0.25) is 0 Å². The fourth-order valence-corrected chi connectivity index (χ4v) is 2.73. The molecule has 1 unspecified atom stereocenters. The summed E-state index contributed by atoms with van der Waals surface area (Å²) in [6.07, 6.45) is 3.49. The van der Waals surface area contributed by atoms with Gasteiger partial charge in [-0.1, -0.05) is 20.8 Å². The van der Waals surface area contributed by atoms with E-state index in [1.165, 1.54) is 0 Å². The molecule has 0 saturated carbocycles. The van der Waals surface area contributed by atoms with Crippen LogP contribution >= 0.6 is 0 Å². The largest absolute Gasteiger partial charge is 0.355 e. The van der Waals surface area contributed by atoms with Crippen molar-refractivity contribution in [2.45, 2.75) is 46.5 Å². The van der Waals surface area contributed by atoms with Crippen LogP contribution in [0.1, 0.15) is 46.5 Å². The molecule has 1 saturated heterocycles. The zero-order valence-electron chi connectivity index (χ0n) is 13.1. The number of carbonyl (C=O) groups is 2. The molecule has 5 heteroatoms. The molecule has 1 rings (SSSR count). The lowest BCUT2D eigenvalue weighted by molar-refractivity contribution is -0.144. The van der Waals surface area contributed by atoms with Crippen molar-refractivity contribution in [1.82, 2.24) is 15.5 Å². The Bertz CT molecular complexity index is 325. The van der Waals surface area contributed by atoms with Gasteiger partial charge in [0.2, 0.25) is 11.8 Å². The lowest BCUT2D eigenvalue weighted by Crippen LogP contribution is -2.49. The molecule has 0 radical (unpaired) electrons. The number of amides is 2. The minimum atomic E-state index is -0.305. The third kappa shape index (κ3) is 4.20. The van der Waals surface area contributed by atoms with Gasteiger partial charge in [0.15, 0.2) is 0 Å². The van der Waals surface area contributed by atoms with E-state index < -0.39 is 0 Å². The highest BCUT2D eigenvalue weighted by Crippen LogP contribution is 2.31. The van der Waals surface area contributed by atoms with Gasteiger partial charge in [0, 0.05) is 19.6 Å². The Hall–Kier alpha value is -1.10. The number of hydrogen-bond donors (Lipinski definition) is 2. The second-order valence-electron chi connectivity index (χ2n) is 5.64. The van der Waals surface area contributed by atoms with E-state index in [0.717, 1.165) is 38.8 Å². The maximum atomic E-state index is 12.8. The highest BCUT2D eigenvalue weighted by atomic mass is 16.2. The second kappa shape index (κ2) is 8.25. The van der Waals surface area contributed by atoms with E-state index >= 15 is 0 Å². The molecule has 1 aliphatic rings. The van der Waals surface area contributed by atoms with Gasteiger partial charge in [-0.25, -0.2) is 0 Å². The summed E-state index contributed by atoms with van der Waals surface area (Å²) in [5.41, 5.74) is -0.305. The van der Waals surface area contributed by atoms with Crippen molar-refractivity contribution in [2.24, 2.45) is 5.41 Å². The van der Waals surface area contributed by atoms with Crippen molar-refractivity contribution < 1.29 is 9.59 Å². The number of nitrogens with zero attached hydrogens (tertiary/aromatic N) is 1. The molecule has 0 aromatic rings. The first-order valence-corrected chi connectivity index (χ1v) is 7.86. The van der Waals surface area contributed by atoms with Gasteiger partial charge in [-0.2, -0.15) is 0 Å². The Morgan fingerprint density at radius 2 is 2.00 bits per heavy atom. The average Bonchev–Trinajstić information content (AvgIpc) is 2.94. The summed E-state index contributed by atoms with van der Waals surface area (Å²) in [5, 5.41) is 6.13. The fourth-order valence-electron chi connectivity index (χ4n) is 2.73. The number of hydrogen-bond acceptors (Lipinski definition) is 3. The lowest BCUT2D eigenvalue weighted by atomic mass is 9.82. The van der Waals surface area contributed by atoms with Gasteiger partial charge < -0.3 is 15.5 Å². The van der Waals surface area contributed by atoms with Crippen molar-refractivity contribution in [1.29, 1.82) is 0 Å². The van der Waals surface area contributed by atoms with Gasteiger partial charge in [0.1, 0.15) is 0 Å². The Morgan fingerprint density at radius 3 is 2.50 bits per heavy atom. The van der Waals surface area contributed by atoms with E-state index in [1.54, 1.807) is 4.90 Å². The quantitative estimate of drug-likeness (QED) is 0.702. The van der Waals surface area contributed by atoms with Gasteiger partial charge in [-0.15, -0.1) is 0 Å². The molecule has 1 atom stereocenters. The summed E-state index contributed by atoms with van der Waals surface area (Å²) in [6.45, 7) is 9.26. The zero-order valence-corrected chi connectivity index (χ0v) is 13.1. The van der Waals surface area contributed by atoms with Gasteiger partial charge >= 0.3 is 0 Å². The highest BCUT2D eigenvalue weighted by Gasteiger charge is 2.42. The Kier molecular flexibility index (Phi) is 6.99. The van der Waals surface area contributed by atoms with Crippen LogP contribution in [-0.2, 0) is 9.59 Å². The topological polar surface area (TPSA) is 61.4 Å². The Morgan fingerprint density at radius 1 is 1.25 bits per heavy atom. The molecule has 5 nitrogen and oxygen atoms in total. The molecular formula is C15H29N3O2. The summed E-state index contributed by atoms with van der Waals surface area (Å²) in [7, 11) is 0. The molecule has 0 aliphatic carbocycles. The molecule has 116 valence electrons. The van der Waals surface area contributed by atoms with E-state index in [2.05, 4.69) is 17.6 Å². The molecular weight excluding hydrogens is 254 g/mol. The Balaban J connectivity index is 2.68. The third-order valence-electron chi connectivity index (χ3n) is 4.06. The average molecular weight is 283 g/mol. The van der Waals surface area contributed by atoms with E-state index in [-0.39, 0.29) is 23.8 Å². The maximum Gasteiger partial charge on any atom is 0.239 e. The summed E-state index contributed by atoms with van der Waals surface area (Å²) >= 11 is 0. The van der Waals surface area contributed by atoms with Crippen molar-refractivity contribution in [3.8, 4) is 0 Å². The van der Waals surface area contributed by atoms with Crippen LogP contribution in [0.4, 0.5) is 0 Å². The minimum absolute atomic E-state index is 0.0501. The third-order valence-corrected chi connectivity index (χ3v) is 4.06. The van der Waals surface area contributed by atoms with Crippen molar-refractivity contribution >= 4 is 11.8 Å². The Labute approximate surface area is 122 Å². The van der Waals surface area contributed by atoms with Crippen molar-refractivity contribution in [2.75, 3.05) is 32.7 Å². The van der Waals surface area contributed by atoms with E-state index in [9.17, 15) is 9.59 Å².